The van der Waals surface area contributed by atoms with Gasteiger partial charge in [-0.3, -0.25) is 14.9 Å². The average Bonchev–Trinajstić information content (AvgIpc) is 3.20. The number of carbonyl (C=O) groups is 3. The number of benzene rings is 2. The van der Waals surface area contributed by atoms with Crippen LogP contribution >= 0.6 is 0 Å². The van der Waals surface area contributed by atoms with Crippen LogP contribution in [0, 0.1) is 17.7 Å². The van der Waals surface area contributed by atoms with Crippen molar-refractivity contribution in [2.45, 2.75) is 18.3 Å². The lowest BCUT2D eigenvalue weighted by molar-refractivity contribution is -0.137. The first-order valence-corrected chi connectivity index (χ1v) is 9.51. The molecule has 0 unspecified atom stereocenters. The maximum absolute atomic E-state index is 13.7. The Morgan fingerprint density at radius 3 is 2.55 bits per heavy atom. The van der Waals surface area contributed by atoms with E-state index < -0.39 is 40.9 Å². The molecular weight excluding hydrogens is 446 g/mol. The molecule has 0 radical (unpaired) electrons. The molecule has 0 saturated carbocycles. The second-order valence-electron chi connectivity index (χ2n) is 7.47. The number of urea groups is 1. The average molecular weight is 461 g/mol. The molecule has 2 aliphatic heterocycles. The molecule has 1 atom stereocenters. The third kappa shape index (κ3) is 4.19. The van der Waals surface area contributed by atoms with Gasteiger partial charge < -0.3 is 15.0 Å². The van der Waals surface area contributed by atoms with Gasteiger partial charge in [0, 0.05) is 17.7 Å². The molecule has 2 heterocycles. The topological polar surface area (TPSA) is 87.7 Å². The van der Waals surface area contributed by atoms with Crippen LogP contribution in [0.15, 0.2) is 36.4 Å². The Bertz CT molecular complexity index is 1250. The minimum absolute atomic E-state index is 0.114. The number of rotatable bonds is 3. The summed E-state index contributed by atoms with van der Waals surface area (Å²) in [7, 11) is 1.44. The molecule has 1 fully saturated rings. The van der Waals surface area contributed by atoms with Crippen molar-refractivity contribution >= 4 is 17.8 Å². The lowest BCUT2D eigenvalue weighted by atomic mass is 9.98. The number of fused-ring (bicyclic) bond motifs is 1. The van der Waals surface area contributed by atoms with Gasteiger partial charge in [0.2, 0.25) is 5.54 Å². The van der Waals surface area contributed by atoms with Crippen molar-refractivity contribution in [1.82, 2.24) is 15.5 Å². The standard InChI is InChI=1S/C22H15F4N3O4/c1-33-16-3-2-13-10-29(18(30)17(13)9-16)11-21(19(31)27-20(32)28-21)5-4-12-6-14(22(24,25)26)8-15(23)7-12/h2-3,6-9H,10-11H2,1H3,(H2,27,28,31,32)/t21-/m1/s1. The fraction of sp³-hybridized carbons (Fsp3) is 0.227. The predicted molar refractivity (Wildman–Crippen MR) is 105 cm³/mol. The van der Waals surface area contributed by atoms with Crippen LogP contribution in [-0.2, 0) is 17.5 Å². The fourth-order valence-electron chi connectivity index (χ4n) is 3.62. The highest BCUT2D eigenvalue weighted by molar-refractivity contribution is 6.10. The van der Waals surface area contributed by atoms with Gasteiger partial charge >= 0.3 is 12.2 Å². The van der Waals surface area contributed by atoms with Gasteiger partial charge in [-0.15, -0.1) is 0 Å². The highest BCUT2D eigenvalue weighted by atomic mass is 19.4. The van der Waals surface area contributed by atoms with E-state index in [9.17, 15) is 31.9 Å². The quantitative estimate of drug-likeness (QED) is 0.418. The van der Waals surface area contributed by atoms with Crippen LogP contribution in [-0.4, -0.2) is 41.9 Å². The van der Waals surface area contributed by atoms with E-state index in [0.29, 0.717) is 29.0 Å². The monoisotopic (exact) mass is 461 g/mol. The Morgan fingerprint density at radius 1 is 1.15 bits per heavy atom. The summed E-state index contributed by atoms with van der Waals surface area (Å²) in [6.45, 7) is -0.266. The van der Waals surface area contributed by atoms with Crippen LogP contribution in [0.3, 0.4) is 0 Å². The molecule has 11 heteroatoms. The molecule has 2 aromatic rings. The van der Waals surface area contributed by atoms with E-state index in [4.69, 9.17) is 4.74 Å². The number of hydrogen-bond acceptors (Lipinski definition) is 4. The molecule has 2 aliphatic rings. The van der Waals surface area contributed by atoms with E-state index in [0.717, 1.165) is 6.07 Å². The smallest absolute Gasteiger partial charge is 0.416 e. The van der Waals surface area contributed by atoms with Gasteiger partial charge in [0.15, 0.2) is 0 Å². The lowest BCUT2D eigenvalue weighted by Gasteiger charge is -2.26. The molecule has 7 nitrogen and oxygen atoms in total. The Kier molecular flexibility index (Phi) is 5.24. The number of imide groups is 1. The molecule has 2 N–H and O–H groups in total. The number of ether oxygens (including phenoxy) is 1. The number of amides is 4. The van der Waals surface area contributed by atoms with Gasteiger partial charge in [0.05, 0.1) is 19.2 Å². The fourth-order valence-corrected chi connectivity index (χ4v) is 3.62. The van der Waals surface area contributed by atoms with Crippen molar-refractivity contribution in [3.63, 3.8) is 0 Å². The van der Waals surface area contributed by atoms with Crippen LogP contribution in [0.1, 0.15) is 27.0 Å². The normalized spacial score (nSPS) is 19.5. The summed E-state index contributed by atoms with van der Waals surface area (Å²) in [5.74, 6) is 2.75. The van der Waals surface area contributed by atoms with Gasteiger partial charge in [-0.05, 0) is 35.9 Å². The second-order valence-corrected chi connectivity index (χ2v) is 7.47. The van der Waals surface area contributed by atoms with Crippen LogP contribution in [0.25, 0.3) is 0 Å². The van der Waals surface area contributed by atoms with Crippen molar-refractivity contribution in [3.05, 3.63) is 64.5 Å². The minimum atomic E-state index is -4.80. The van der Waals surface area contributed by atoms with Crippen molar-refractivity contribution in [2.75, 3.05) is 13.7 Å². The van der Waals surface area contributed by atoms with Crippen LogP contribution in [0.5, 0.6) is 5.75 Å². The third-order valence-corrected chi connectivity index (χ3v) is 5.21. The molecule has 33 heavy (non-hydrogen) atoms. The van der Waals surface area contributed by atoms with Gasteiger partial charge in [0.25, 0.3) is 11.8 Å². The minimum Gasteiger partial charge on any atom is -0.497 e. The van der Waals surface area contributed by atoms with Crippen molar-refractivity contribution in [1.29, 1.82) is 0 Å². The largest absolute Gasteiger partial charge is 0.497 e. The Morgan fingerprint density at radius 2 is 1.91 bits per heavy atom. The molecule has 0 spiro atoms. The van der Waals surface area contributed by atoms with E-state index in [1.165, 1.54) is 18.1 Å². The van der Waals surface area contributed by atoms with E-state index >= 15 is 0 Å². The first-order chi connectivity index (χ1) is 15.5. The molecule has 4 amide bonds. The van der Waals surface area contributed by atoms with Crippen LogP contribution < -0.4 is 15.4 Å². The molecule has 2 aromatic carbocycles. The molecule has 4 rings (SSSR count). The first-order valence-electron chi connectivity index (χ1n) is 9.51. The van der Waals surface area contributed by atoms with Crippen molar-refractivity contribution in [2.24, 2.45) is 0 Å². The number of nitrogens with one attached hydrogen (secondary N) is 2. The lowest BCUT2D eigenvalue weighted by Crippen LogP contribution is -2.54. The molecule has 0 aliphatic carbocycles. The molecule has 0 aromatic heterocycles. The van der Waals surface area contributed by atoms with Gasteiger partial charge in [-0.25, -0.2) is 9.18 Å². The number of halogens is 4. The first kappa shape index (κ1) is 22.1. The summed E-state index contributed by atoms with van der Waals surface area (Å²) in [5.41, 5.74) is -2.53. The van der Waals surface area contributed by atoms with Crippen molar-refractivity contribution < 1.29 is 36.7 Å². The van der Waals surface area contributed by atoms with Crippen molar-refractivity contribution in [3.8, 4) is 17.6 Å². The van der Waals surface area contributed by atoms with Gasteiger partial charge in [-0.2, -0.15) is 13.2 Å². The molecule has 170 valence electrons. The molecular formula is C22H15F4N3O4. The zero-order valence-corrected chi connectivity index (χ0v) is 17.0. The summed E-state index contributed by atoms with van der Waals surface area (Å²) in [6.07, 6.45) is -4.80. The number of methoxy groups -OCH3 is 1. The van der Waals surface area contributed by atoms with E-state index in [-0.39, 0.29) is 18.7 Å². The number of carbonyl (C=O) groups excluding carboxylic acids is 3. The second kappa shape index (κ2) is 7.81. The summed E-state index contributed by atoms with van der Waals surface area (Å²) in [4.78, 5) is 38.6. The highest BCUT2D eigenvalue weighted by Gasteiger charge is 2.48. The molecule has 0 bridgehead atoms. The predicted octanol–water partition coefficient (Wildman–Crippen LogP) is 2.44. The summed E-state index contributed by atoms with van der Waals surface area (Å²) < 4.78 is 57.8. The van der Waals surface area contributed by atoms with E-state index in [2.05, 4.69) is 17.2 Å². The zero-order valence-electron chi connectivity index (χ0n) is 17.0. The summed E-state index contributed by atoms with van der Waals surface area (Å²) >= 11 is 0. The van der Waals surface area contributed by atoms with E-state index in [1.807, 2.05) is 5.32 Å². The zero-order chi connectivity index (χ0) is 24.0. The van der Waals surface area contributed by atoms with Crippen LogP contribution in [0.4, 0.5) is 22.4 Å². The third-order valence-electron chi connectivity index (χ3n) is 5.21. The van der Waals surface area contributed by atoms with Gasteiger partial charge in [-0.1, -0.05) is 17.9 Å². The highest BCUT2D eigenvalue weighted by Crippen LogP contribution is 2.31. The van der Waals surface area contributed by atoms with Crippen LogP contribution in [0.2, 0.25) is 0 Å². The number of alkyl halides is 3. The summed E-state index contributed by atoms with van der Waals surface area (Å²) in [6, 6.07) is 5.72. The van der Waals surface area contributed by atoms with E-state index in [1.54, 1.807) is 12.1 Å². The number of hydrogen-bond donors (Lipinski definition) is 2. The Labute approximate surface area is 184 Å². The summed E-state index contributed by atoms with van der Waals surface area (Å²) in [5, 5.41) is 4.35. The maximum Gasteiger partial charge on any atom is 0.416 e. The Balaban J connectivity index is 1.68. The number of nitrogens with zero attached hydrogens (tertiary/aromatic N) is 1. The SMILES string of the molecule is COc1ccc2c(c1)C(=O)N(C[C@@]1(C#Cc3cc(F)cc(C(F)(F)F)c3)NC(=O)NC1=O)C2. The maximum atomic E-state index is 13.7. The molecule has 1 saturated heterocycles. The van der Waals surface area contributed by atoms with Gasteiger partial charge in [0.1, 0.15) is 11.6 Å². The Hall–Kier alpha value is -4.07.